The fraction of sp³-hybridized carbons (Fsp3) is 0.941. The molecule has 3 fully saturated rings. The molecule has 4 bridgehead atoms. The summed E-state index contributed by atoms with van der Waals surface area (Å²) >= 11 is 0. The first-order valence-electron chi connectivity index (χ1n) is 8.17. The molecule has 3 saturated carbocycles. The van der Waals surface area contributed by atoms with Crippen molar-refractivity contribution in [3.8, 4) is 0 Å². The number of rotatable bonds is 3. The number of carbonyl (C=O) groups is 1. The maximum Gasteiger partial charge on any atom is 0.305 e. The highest BCUT2D eigenvalue weighted by Crippen LogP contribution is 2.71. The van der Waals surface area contributed by atoms with Gasteiger partial charge in [-0.05, 0) is 60.2 Å². The van der Waals surface area contributed by atoms with E-state index in [0.29, 0.717) is 23.2 Å². The van der Waals surface area contributed by atoms with Gasteiger partial charge in [0.25, 0.3) is 0 Å². The third-order valence-corrected chi connectivity index (χ3v) is 7.01. The Balaban J connectivity index is 1.95. The zero-order valence-electron chi connectivity index (χ0n) is 12.9. The molecule has 0 aliphatic heterocycles. The van der Waals surface area contributed by atoms with Crippen LogP contribution in [-0.2, 0) is 4.79 Å². The molecule has 0 unspecified atom stereocenters. The van der Waals surface area contributed by atoms with Gasteiger partial charge in [-0.15, -0.1) is 0 Å². The van der Waals surface area contributed by atoms with Crippen LogP contribution in [0.2, 0.25) is 0 Å². The highest BCUT2D eigenvalue weighted by Gasteiger charge is 2.66. The molecule has 3 rings (SSSR count). The van der Waals surface area contributed by atoms with Crippen molar-refractivity contribution in [3.63, 3.8) is 0 Å². The smallest absolute Gasteiger partial charge is 0.305 e. The average Bonchev–Trinajstić information content (AvgIpc) is 2.78. The second-order valence-electron chi connectivity index (χ2n) is 8.41. The van der Waals surface area contributed by atoms with Crippen LogP contribution in [0.1, 0.15) is 59.3 Å². The summed E-state index contributed by atoms with van der Waals surface area (Å²) in [6.07, 6.45) is 5.39. The van der Waals surface area contributed by atoms with Crippen LogP contribution in [0.4, 0.5) is 0 Å². The minimum absolute atomic E-state index is 0.0867. The summed E-state index contributed by atoms with van der Waals surface area (Å²) in [5.74, 6) is 1.24. The predicted octanol–water partition coefficient (Wildman–Crippen LogP) is 3.31. The van der Waals surface area contributed by atoms with E-state index in [4.69, 9.17) is 5.11 Å². The molecule has 3 aliphatic rings. The second kappa shape index (κ2) is 4.46. The van der Waals surface area contributed by atoms with E-state index in [1.165, 1.54) is 25.7 Å². The molecule has 0 aromatic heterocycles. The Labute approximate surface area is 121 Å². The Morgan fingerprint density at radius 2 is 1.95 bits per heavy atom. The van der Waals surface area contributed by atoms with Gasteiger partial charge in [0.15, 0.2) is 0 Å². The average molecular weight is 280 g/mol. The van der Waals surface area contributed by atoms with Crippen molar-refractivity contribution in [1.29, 1.82) is 0 Å². The van der Waals surface area contributed by atoms with Crippen molar-refractivity contribution in [2.24, 2.45) is 34.5 Å². The van der Waals surface area contributed by atoms with E-state index in [9.17, 15) is 9.90 Å². The van der Waals surface area contributed by atoms with E-state index in [1.807, 2.05) is 0 Å². The van der Waals surface area contributed by atoms with Gasteiger partial charge in [0.2, 0.25) is 0 Å². The highest BCUT2D eigenvalue weighted by atomic mass is 16.4. The Hall–Kier alpha value is -0.570. The van der Waals surface area contributed by atoms with E-state index < -0.39 is 12.1 Å². The van der Waals surface area contributed by atoms with Gasteiger partial charge in [-0.3, -0.25) is 4.79 Å². The van der Waals surface area contributed by atoms with Crippen LogP contribution in [0.25, 0.3) is 0 Å². The minimum atomic E-state index is -0.865. The van der Waals surface area contributed by atoms with Crippen LogP contribution in [0.3, 0.4) is 0 Å². The first kappa shape index (κ1) is 14.4. The van der Waals surface area contributed by atoms with Gasteiger partial charge in [-0.2, -0.15) is 0 Å². The predicted molar refractivity (Wildman–Crippen MR) is 77.2 cm³/mol. The van der Waals surface area contributed by atoms with Crippen LogP contribution < -0.4 is 0 Å². The Bertz CT molecular complexity index is 416. The van der Waals surface area contributed by atoms with Crippen molar-refractivity contribution in [1.82, 2.24) is 0 Å². The molecule has 3 aliphatic carbocycles. The summed E-state index contributed by atoms with van der Waals surface area (Å²) in [6, 6.07) is 0. The van der Waals surface area contributed by atoms with Gasteiger partial charge in [-0.25, -0.2) is 0 Å². The largest absolute Gasteiger partial charge is 0.481 e. The molecule has 3 heteroatoms. The highest BCUT2D eigenvalue weighted by molar-refractivity contribution is 5.67. The molecule has 0 aromatic carbocycles. The lowest BCUT2D eigenvalue weighted by Crippen LogP contribution is -2.42. The number of hydrogen-bond acceptors (Lipinski definition) is 2. The molecule has 114 valence electrons. The molecule has 0 spiro atoms. The monoisotopic (exact) mass is 280 g/mol. The van der Waals surface area contributed by atoms with E-state index in [1.54, 1.807) is 0 Å². The molecular weight excluding hydrogens is 252 g/mol. The standard InChI is InChI=1S/C17H28O3/c1-16(2)7-4-8-17(3)11-6-5-10(14(11)16)15(17)12(18)9-13(19)20/h10-12,14-15,18H,4-9H2,1-3H3,(H,19,20)/t10-,11+,12+,14+,15+,17-/m0/s1. The first-order valence-corrected chi connectivity index (χ1v) is 8.17. The number of aliphatic hydroxyl groups is 1. The summed E-state index contributed by atoms with van der Waals surface area (Å²) in [6.45, 7) is 7.11. The molecule has 0 saturated heterocycles. The summed E-state index contributed by atoms with van der Waals surface area (Å²) in [4.78, 5) is 11.0. The van der Waals surface area contributed by atoms with E-state index in [-0.39, 0.29) is 17.8 Å². The summed E-state index contributed by atoms with van der Waals surface area (Å²) in [5.41, 5.74) is 0.511. The fourth-order valence-electron chi connectivity index (χ4n) is 6.51. The van der Waals surface area contributed by atoms with Gasteiger partial charge in [-0.1, -0.05) is 27.2 Å². The van der Waals surface area contributed by atoms with Crippen molar-refractivity contribution in [2.75, 3.05) is 0 Å². The second-order valence-corrected chi connectivity index (χ2v) is 8.41. The van der Waals surface area contributed by atoms with Gasteiger partial charge >= 0.3 is 5.97 Å². The minimum Gasteiger partial charge on any atom is -0.481 e. The number of aliphatic carboxylic acids is 1. The number of carboxylic acids is 1. The van der Waals surface area contributed by atoms with E-state index >= 15 is 0 Å². The normalized spacial score (nSPS) is 47.0. The number of carboxylic acid groups (broad SMARTS) is 1. The lowest BCUT2D eigenvalue weighted by Gasteiger charge is -2.43. The van der Waals surface area contributed by atoms with Crippen molar-refractivity contribution in [3.05, 3.63) is 0 Å². The van der Waals surface area contributed by atoms with Crippen LogP contribution in [0, 0.1) is 34.5 Å². The summed E-state index contributed by atoms with van der Waals surface area (Å²) in [7, 11) is 0. The lowest BCUT2D eigenvalue weighted by molar-refractivity contribution is -0.141. The molecule has 2 N–H and O–H groups in total. The Kier molecular flexibility index (Phi) is 3.20. The van der Waals surface area contributed by atoms with E-state index in [2.05, 4.69) is 20.8 Å². The third-order valence-electron chi connectivity index (χ3n) is 7.01. The number of hydrogen-bond donors (Lipinski definition) is 2. The maximum absolute atomic E-state index is 11.0. The van der Waals surface area contributed by atoms with Crippen LogP contribution in [0.5, 0.6) is 0 Å². The van der Waals surface area contributed by atoms with E-state index in [0.717, 1.165) is 6.42 Å². The molecule has 20 heavy (non-hydrogen) atoms. The fourth-order valence-corrected chi connectivity index (χ4v) is 6.51. The maximum atomic E-state index is 11.0. The first-order chi connectivity index (χ1) is 9.27. The Morgan fingerprint density at radius 3 is 2.60 bits per heavy atom. The van der Waals surface area contributed by atoms with Crippen molar-refractivity contribution < 1.29 is 15.0 Å². The van der Waals surface area contributed by atoms with Crippen molar-refractivity contribution >= 4 is 5.97 Å². The SMILES string of the molecule is CC1(C)CCC[C@]2(C)[C@@H]([C@H](O)CC(=O)O)[C@H]3CC[C@@H]2[C@@H]31. The van der Waals surface area contributed by atoms with Gasteiger partial charge in [0.05, 0.1) is 12.5 Å². The topological polar surface area (TPSA) is 57.5 Å². The summed E-state index contributed by atoms with van der Waals surface area (Å²) in [5, 5.41) is 19.6. The molecule has 0 radical (unpaired) electrons. The molecular formula is C17H28O3. The quantitative estimate of drug-likeness (QED) is 0.834. The Morgan fingerprint density at radius 1 is 1.25 bits per heavy atom. The van der Waals surface area contributed by atoms with Crippen LogP contribution in [0.15, 0.2) is 0 Å². The van der Waals surface area contributed by atoms with Crippen LogP contribution in [-0.4, -0.2) is 22.3 Å². The molecule has 0 amide bonds. The molecule has 0 heterocycles. The van der Waals surface area contributed by atoms with Crippen LogP contribution >= 0.6 is 0 Å². The zero-order chi connectivity index (χ0) is 14.7. The third kappa shape index (κ3) is 1.85. The van der Waals surface area contributed by atoms with Gasteiger partial charge in [0, 0.05) is 0 Å². The summed E-state index contributed by atoms with van der Waals surface area (Å²) < 4.78 is 0. The molecule has 3 nitrogen and oxygen atoms in total. The van der Waals surface area contributed by atoms with Crippen molar-refractivity contribution in [2.45, 2.75) is 65.4 Å². The van der Waals surface area contributed by atoms with Gasteiger partial charge in [0.1, 0.15) is 0 Å². The lowest BCUT2D eigenvalue weighted by atomic mass is 9.62. The molecule has 0 aromatic rings. The number of aliphatic hydroxyl groups excluding tert-OH is 1. The molecule has 6 atom stereocenters. The zero-order valence-corrected chi connectivity index (χ0v) is 12.9. The van der Waals surface area contributed by atoms with Gasteiger partial charge < -0.3 is 10.2 Å².